The highest BCUT2D eigenvalue weighted by molar-refractivity contribution is 5.41. The molecule has 28 heavy (non-hydrogen) atoms. The summed E-state index contributed by atoms with van der Waals surface area (Å²) in [6, 6.07) is 5.99. The van der Waals surface area contributed by atoms with Gasteiger partial charge in [-0.25, -0.2) is 4.98 Å². The summed E-state index contributed by atoms with van der Waals surface area (Å²) in [4.78, 5) is 18.1. The van der Waals surface area contributed by atoms with Crippen molar-refractivity contribution >= 4 is 5.82 Å². The van der Waals surface area contributed by atoms with E-state index in [2.05, 4.69) is 30.8 Å². The van der Waals surface area contributed by atoms with Gasteiger partial charge in [0.2, 0.25) is 11.8 Å². The normalized spacial score (nSPS) is 14.9. The van der Waals surface area contributed by atoms with Crippen LogP contribution in [0.1, 0.15) is 31.2 Å². The van der Waals surface area contributed by atoms with Crippen LogP contribution in [0.25, 0.3) is 0 Å². The fraction of sp³-hybridized carbons (Fsp3) is 0.571. The van der Waals surface area contributed by atoms with Gasteiger partial charge in [-0.05, 0) is 46.2 Å². The Labute approximate surface area is 167 Å². The fourth-order valence-electron chi connectivity index (χ4n) is 3.21. The summed E-state index contributed by atoms with van der Waals surface area (Å²) in [6.07, 6.45) is 3.85. The molecule has 0 aromatic carbocycles. The van der Waals surface area contributed by atoms with Crippen molar-refractivity contribution in [3.8, 4) is 11.8 Å². The van der Waals surface area contributed by atoms with E-state index in [0.717, 1.165) is 62.8 Å². The molecule has 7 heteroatoms. The van der Waals surface area contributed by atoms with Crippen LogP contribution in [0.4, 0.5) is 5.82 Å². The Morgan fingerprint density at radius 2 is 1.75 bits per heavy atom. The van der Waals surface area contributed by atoms with E-state index in [-0.39, 0.29) is 0 Å². The van der Waals surface area contributed by atoms with Crippen molar-refractivity contribution in [2.24, 2.45) is 0 Å². The van der Waals surface area contributed by atoms with Gasteiger partial charge in [0.25, 0.3) is 0 Å². The van der Waals surface area contributed by atoms with Gasteiger partial charge in [-0.3, -0.25) is 9.88 Å². The Morgan fingerprint density at radius 1 is 0.929 bits per heavy atom. The molecule has 152 valence electrons. The second kappa shape index (κ2) is 10.2. The molecule has 0 N–H and O–H groups in total. The number of anilines is 1. The molecule has 1 fully saturated rings. The molecule has 1 aliphatic rings. The molecule has 0 saturated carbocycles. The van der Waals surface area contributed by atoms with Crippen molar-refractivity contribution in [1.82, 2.24) is 19.9 Å². The van der Waals surface area contributed by atoms with Crippen LogP contribution in [0.5, 0.6) is 11.8 Å². The van der Waals surface area contributed by atoms with Gasteiger partial charge in [-0.15, -0.1) is 0 Å². The Bertz CT molecular complexity index is 747. The molecule has 1 saturated heterocycles. The van der Waals surface area contributed by atoms with Gasteiger partial charge in [0.1, 0.15) is 5.82 Å². The van der Waals surface area contributed by atoms with Gasteiger partial charge in [0.05, 0.1) is 30.8 Å². The standard InChI is InChI=1S/C21H31N5O2/c1-4-27-20-9-7-8-19(24-20)26-13-11-25(12-14-26)10-5-6-15-28-21-16-22-17(2)18(3)23-21/h7-9,16H,4-6,10-15H2,1-3H3. The molecule has 0 radical (unpaired) electrons. The van der Waals surface area contributed by atoms with Gasteiger partial charge in [0, 0.05) is 32.2 Å². The highest BCUT2D eigenvalue weighted by atomic mass is 16.5. The number of ether oxygens (including phenoxy) is 2. The Morgan fingerprint density at radius 3 is 2.50 bits per heavy atom. The fourth-order valence-corrected chi connectivity index (χ4v) is 3.21. The van der Waals surface area contributed by atoms with Crippen LogP contribution >= 0.6 is 0 Å². The minimum Gasteiger partial charge on any atom is -0.478 e. The van der Waals surface area contributed by atoms with Crippen LogP contribution in [0.2, 0.25) is 0 Å². The van der Waals surface area contributed by atoms with Crippen LogP contribution in [0.15, 0.2) is 24.4 Å². The summed E-state index contributed by atoms with van der Waals surface area (Å²) >= 11 is 0. The van der Waals surface area contributed by atoms with Crippen molar-refractivity contribution in [1.29, 1.82) is 0 Å². The first-order valence-corrected chi connectivity index (χ1v) is 10.2. The average molecular weight is 386 g/mol. The van der Waals surface area contributed by atoms with E-state index in [1.54, 1.807) is 6.20 Å². The third-order valence-corrected chi connectivity index (χ3v) is 4.99. The van der Waals surface area contributed by atoms with E-state index in [4.69, 9.17) is 9.47 Å². The van der Waals surface area contributed by atoms with E-state index >= 15 is 0 Å². The molecule has 1 aliphatic heterocycles. The van der Waals surface area contributed by atoms with Crippen LogP contribution in [-0.2, 0) is 0 Å². The van der Waals surface area contributed by atoms with Crippen LogP contribution in [-0.4, -0.2) is 65.8 Å². The predicted molar refractivity (Wildman–Crippen MR) is 110 cm³/mol. The second-order valence-electron chi connectivity index (χ2n) is 7.03. The lowest BCUT2D eigenvalue weighted by atomic mass is 10.2. The number of rotatable bonds is 9. The zero-order valence-corrected chi connectivity index (χ0v) is 17.2. The highest BCUT2D eigenvalue weighted by Crippen LogP contribution is 2.18. The van der Waals surface area contributed by atoms with E-state index in [1.807, 2.05) is 32.9 Å². The van der Waals surface area contributed by atoms with Crippen molar-refractivity contribution in [2.75, 3.05) is 50.8 Å². The van der Waals surface area contributed by atoms with E-state index < -0.39 is 0 Å². The molecule has 0 unspecified atom stereocenters. The van der Waals surface area contributed by atoms with Crippen LogP contribution in [0.3, 0.4) is 0 Å². The van der Waals surface area contributed by atoms with E-state index in [0.29, 0.717) is 25.0 Å². The third-order valence-electron chi connectivity index (χ3n) is 4.99. The third kappa shape index (κ3) is 5.79. The number of unbranched alkanes of at least 4 members (excludes halogenated alkanes) is 1. The maximum Gasteiger partial charge on any atom is 0.232 e. The lowest BCUT2D eigenvalue weighted by Gasteiger charge is -2.35. The molecule has 2 aromatic heterocycles. The molecule has 7 nitrogen and oxygen atoms in total. The molecular formula is C21H31N5O2. The van der Waals surface area contributed by atoms with Crippen molar-refractivity contribution in [2.45, 2.75) is 33.6 Å². The minimum atomic E-state index is 0.624. The molecular weight excluding hydrogens is 354 g/mol. The minimum absolute atomic E-state index is 0.624. The maximum atomic E-state index is 5.72. The Kier molecular flexibility index (Phi) is 7.42. The quantitative estimate of drug-likeness (QED) is 0.615. The van der Waals surface area contributed by atoms with Crippen molar-refractivity contribution < 1.29 is 9.47 Å². The number of hydrogen-bond donors (Lipinski definition) is 0. The number of hydrogen-bond acceptors (Lipinski definition) is 7. The van der Waals surface area contributed by atoms with Gasteiger partial charge in [-0.1, -0.05) is 6.07 Å². The molecule has 3 heterocycles. The number of piperazine rings is 1. The Balaban J connectivity index is 1.33. The largest absolute Gasteiger partial charge is 0.478 e. The van der Waals surface area contributed by atoms with Gasteiger partial charge < -0.3 is 14.4 Å². The first-order chi connectivity index (χ1) is 13.7. The zero-order valence-electron chi connectivity index (χ0n) is 17.2. The van der Waals surface area contributed by atoms with E-state index in [1.165, 1.54) is 0 Å². The lowest BCUT2D eigenvalue weighted by molar-refractivity contribution is 0.235. The van der Waals surface area contributed by atoms with Gasteiger partial charge >= 0.3 is 0 Å². The summed E-state index contributed by atoms with van der Waals surface area (Å²) in [5, 5.41) is 0. The van der Waals surface area contributed by atoms with Crippen LogP contribution in [0, 0.1) is 13.8 Å². The molecule has 0 amide bonds. The monoisotopic (exact) mass is 385 g/mol. The summed E-state index contributed by atoms with van der Waals surface area (Å²) in [5.41, 5.74) is 1.88. The van der Waals surface area contributed by atoms with Crippen molar-refractivity contribution in [3.05, 3.63) is 35.8 Å². The summed E-state index contributed by atoms with van der Waals surface area (Å²) in [5.74, 6) is 2.34. The van der Waals surface area contributed by atoms with Crippen molar-refractivity contribution in [3.63, 3.8) is 0 Å². The van der Waals surface area contributed by atoms with Crippen LogP contribution < -0.4 is 14.4 Å². The number of aromatic nitrogens is 3. The summed E-state index contributed by atoms with van der Waals surface area (Å²) < 4.78 is 11.2. The highest BCUT2D eigenvalue weighted by Gasteiger charge is 2.18. The number of aryl methyl sites for hydroxylation is 2. The van der Waals surface area contributed by atoms with Gasteiger partial charge in [0.15, 0.2) is 0 Å². The number of pyridine rings is 1. The smallest absolute Gasteiger partial charge is 0.232 e. The second-order valence-corrected chi connectivity index (χ2v) is 7.03. The molecule has 2 aromatic rings. The first kappa shape index (κ1) is 20.3. The lowest BCUT2D eigenvalue weighted by Crippen LogP contribution is -2.47. The van der Waals surface area contributed by atoms with Gasteiger partial charge in [-0.2, -0.15) is 4.98 Å². The Hall–Kier alpha value is -2.41. The summed E-state index contributed by atoms with van der Waals surface area (Å²) in [7, 11) is 0. The molecule has 0 spiro atoms. The SMILES string of the molecule is CCOc1cccc(N2CCN(CCCCOc3cnc(C)c(C)n3)CC2)n1. The zero-order chi connectivity index (χ0) is 19.8. The molecule has 0 atom stereocenters. The molecule has 3 rings (SSSR count). The predicted octanol–water partition coefficient (Wildman–Crippen LogP) is 2.87. The van der Waals surface area contributed by atoms with E-state index in [9.17, 15) is 0 Å². The number of nitrogens with zero attached hydrogens (tertiary/aromatic N) is 5. The average Bonchev–Trinajstić information content (AvgIpc) is 2.71. The molecule has 0 aliphatic carbocycles. The summed E-state index contributed by atoms with van der Waals surface area (Å²) in [6.45, 7) is 12.4. The maximum absolute atomic E-state index is 5.72. The topological polar surface area (TPSA) is 63.6 Å². The first-order valence-electron chi connectivity index (χ1n) is 10.2. The molecule has 0 bridgehead atoms.